The van der Waals surface area contributed by atoms with Gasteiger partial charge in [0.1, 0.15) is 9.57 Å². The Labute approximate surface area is 111 Å². The fourth-order valence-corrected chi connectivity index (χ4v) is 3.62. The zero-order valence-electron chi connectivity index (χ0n) is 8.93. The zero-order valence-corrected chi connectivity index (χ0v) is 11.4. The predicted molar refractivity (Wildman–Crippen MR) is 73.5 cm³/mol. The van der Waals surface area contributed by atoms with E-state index >= 15 is 0 Å². The van der Waals surface area contributed by atoms with Crippen LogP contribution in [-0.4, -0.2) is 13.1 Å². The van der Waals surface area contributed by atoms with Crippen molar-refractivity contribution in [3.05, 3.63) is 34.2 Å². The van der Waals surface area contributed by atoms with E-state index in [0.717, 1.165) is 14.3 Å². The van der Waals surface area contributed by atoms with Crippen molar-refractivity contribution in [1.82, 2.24) is 5.32 Å². The maximum absolute atomic E-state index is 11.0. The Morgan fingerprint density at radius 2 is 2.00 bits per heavy atom. The Bertz CT molecular complexity index is 571. The summed E-state index contributed by atoms with van der Waals surface area (Å²) in [5, 5.41) is 2.39. The first-order chi connectivity index (χ1) is 8.19. The highest BCUT2D eigenvalue weighted by Crippen LogP contribution is 2.30. The number of nitrogens with one attached hydrogen (secondary N) is 1. The minimum atomic E-state index is -0.469. The second-order valence-corrected chi connectivity index (χ2v) is 6.07. The molecule has 17 heavy (non-hydrogen) atoms. The van der Waals surface area contributed by atoms with Crippen molar-refractivity contribution in [3.63, 3.8) is 0 Å². The summed E-state index contributed by atoms with van der Waals surface area (Å²) in [4.78, 5) is 12.1. The molecule has 88 valence electrons. The van der Waals surface area contributed by atoms with Gasteiger partial charge in [-0.15, -0.1) is 0 Å². The summed E-state index contributed by atoms with van der Waals surface area (Å²) in [6, 6.07) is 9.31. The maximum Gasteiger partial charge on any atom is 0.412 e. The smallest absolute Gasteiger partial charge is 0.410 e. The summed E-state index contributed by atoms with van der Waals surface area (Å²) in [7, 11) is 4.75. The standard InChI is InChI=1S/C11H9NO2S3/c1-12-11(13)14-8-4-2-7(3-5-8)9-6-10(15)17-16-9/h2-6H,1H3,(H,12,13). The van der Waals surface area contributed by atoms with Gasteiger partial charge in [-0.3, -0.25) is 0 Å². The van der Waals surface area contributed by atoms with Gasteiger partial charge in [0.2, 0.25) is 0 Å². The molecule has 2 rings (SSSR count). The van der Waals surface area contributed by atoms with Crippen LogP contribution in [0.2, 0.25) is 0 Å². The number of benzene rings is 1. The van der Waals surface area contributed by atoms with Gasteiger partial charge in [0.05, 0.1) is 0 Å². The van der Waals surface area contributed by atoms with E-state index in [9.17, 15) is 4.79 Å². The molecule has 1 aromatic heterocycles. The van der Waals surface area contributed by atoms with Gasteiger partial charge in [0.25, 0.3) is 0 Å². The summed E-state index contributed by atoms with van der Waals surface area (Å²) in [5.74, 6) is 0.520. The van der Waals surface area contributed by atoms with Crippen LogP contribution in [0, 0.1) is 3.82 Å². The van der Waals surface area contributed by atoms with E-state index < -0.39 is 6.09 Å². The van der Waals surface area contributed by atoms with Crippen molar-refractivity contribution in [1.29, 1.82) is 0 Å². The fourth-order valence-electron chi connectivity index (χ4n) is 1.22. The molecule has 0 fully saturated rings. The average Bonchev–Trinajstić information content (AvgIpc) is 2.77. The monoisotopic (exact) mass is 283 g/mol. The van der Waals surface area contributed by atoms with Crippen LogP contribution < -0.4 is 10.1 Å². The van der Waals surface area contributed by atoms with Gasteiger partial charge >= 0.3 is 6.09 Å². The van der Waals surface area contributed by atoms with Crippen LogP contribution in [0.25, 0.3) is 10.4 Å². The molecule has 0 spiro atoms. The summed E-state index contributed by atoms with van der Waals surface area (Å²) < 4.78 is 5.88. The molecular formula is C11H9NO2S3. The van der Waals surface area contributed by atoms with Crippen LogP contribution in [0.1, 0.15) is 0 Å². The largest absolute Gasteiger partial charge is 0.412 e. The molecule has 0 aliphatic carbocycles. The lowest BCUT2D eigenvalue weighted by atomic mass is 10.2. The Kier molecular flexibility index (Phi) is 3.88. The molecule has 1 aromatic carbocycles. The first kappa shape index (κ1) is 12.2. The summed E-state index contributed by atoms with van der Waals surface area (Å²) in [5.41, 5.74) is 1.08. The molecule has 1 heterocycles. The fraction of sp³-hybridized carbons (Fsp3) is 0.0909. The quantitative estimate of drug-likeness (QED) is 0.670. The molecular weight excluding hydrogens is 274 g/mol. The Hall–Kier alpha value is -1.24. The van der Waals surface area contributed by atoms with Gasteiger partial charge in [-0.1, -0.05) is 32.9 Å². The lowest BCUT2D eigenvalue weighted by Crippen LogP contribution is -2.21. The van der Waals surface area contributed by atoms with Gasteiger partial charge in [-0.05, 0) is 35.9 Å². The van der Waals surface area contributed by atoms with Gasteiger partial charge in [0.15, 0.2) is 0 Å². The summed E-state index contributed by atoms with van der Waals surface area (Å²) >= 11 is 5.08. The summed E-state index contributed by atoms with van der Waals surface area (Å²) in [6.45, 7) is 0. The molecule has 0 aliphatic heterocycles. The van der Waals surface area contributed by atoms with E-state index in [2.05, 4.69) is 5.32 Å². The molecule has 0 saturated heterocycles. The van der Waals surface area contributed by atoms with Crippen LogP contribution in [-0.2, 0) is 0 Å². The third kappa shape index (κ3) is 3.12. The first-order valence-corrected chi connectivity index (χ1v) is 7.35. The van der Waals surface area contributed by atoms with Gasteiger partial charge in [0, 0.05) is 11.9 Å². The van der Waals surface area contributed by atoms with Crippen molar-refractivity contribution < 1.29 is 9.53 Å². The minimum Gasteiger partial charge on any atom is -0.410 e. The number of ether oxygens (including phenoxy) is 1. The van der Waals surface area contributed by atoms with E-state index in [0.29, 0.717) is 5.75 Å². The number of hydrogen-bond acceptors (Lipinski definition) is 5. The molecule has 2 aromatic rings. The van der Waals surface area contributed by atoms with Crippen LogP contribution in [0.5, 0.6) is 5.75 Å². The SMILES string of the molecule is CNC(=O)Oc1ccc(-c2cc(=S)ss2)cc1. The third-order valence-electron chi connectivity index (χ3n) is 2.02. The second-order valence-electron chi connectivity index (χ2n) is 3.16. The first-order valence-electron chi connectivity index (χ1n) is 4.79. The Morgan fingerprint density at radius 1 is 1.29 bits per heavy atom. The van der Waals surface area contributed by atoms with Crippen molar-refractivity contribution in [2.45, 2.75) is 0 Å². The highest BCUT2D eigenvalue weighted by Gasteiger charge is 2.03. The Balaban J connectivity index is 2.18. The van der Waals surface area contributed by atoms with Crippen molar-refractivity contribution in [2.24, 2.45) is 0 Å². The number of carbonyl (C=O) groups excluding carboxylic acids is 1. The molecule has 0 radical (unpaired) electrons. The molecule has 0 aliphatic rings. The lowest BCUT2D eigenvalue weighted by molar-refractivity contribution is 0.203. The maximum atomic E-state index is 11.0. The van der Waals surface area contributed by atoms with Crippen molar-refractivity contribution in [2.75, 3.05) is 7.05 Å². The molecule has 1 N–H and O–H groups in total. The third-order valence-corrected chi connectivity index (χ3v) is 4.93. The Morgan fingerprint density at radius 3 is 2.53 bits per heavy atom. The topological polar surface area (TPSA) is 38.3 Å². The van der Waals surface area contributed by atoms with Crippen LogP contribution in [0.4, 0.5) is 4.79 Å². The van der Waals surface area contributed by atoms with Gasteiger partial charge in [-0.25, -0.2) is 4.79 Å². The zero-order chi connectivity index (χ0) is 12.3. The second kappa shape index (κ2) is 5.39. The number of amides is 1. The highest BCUT2D eigenvalue weighted by atomic mass is 32.9. The molecule has 0 unspecified atom stereocenters. The van der Waals surface area contributed by atoms with E-state index in [-0.39, 0.29) is 0 Å². The van der Waals surface area contributed by atoms with Crippen LogP contribution in [0.15, 0.2) is 30.3 Å². The highest BCUT2D eigenvalue weighted by molar-refractivity contribution is 7.80. The van der Waals surface area contributed by atoms with E-state index in [1.807, 2.05) is 18.2 Å². The molecule has 0 atom stereocenters. The number of hydrogen-bond donors (Lipinski definition) is 1. The van der Waals surface area contributed by atoms with Crippen LogP contribution in [0.3, 0.4) is 0 Å². The normalized spacial score (nSPS) is 9.94. The van der Waals surface area contributed by atoms with E-state index in [1.165, 1.54) is 7.05 Å². The predicted octanol–water partition coefficient (Wildman–Crippen LogP) is 3.92. The van der Waals surface area contributed by atoms with Crippen LogP contribution >= 0.6 is 32.9 Å². The molecule has 1 amide bonds. The molecule has 3 nitrogen and oxygen atoms in total. The number of rotatable bonds is 2. The number of carbonyl (C=O) groups is 1. The lowest BCUT2D eigenvalue weighted by Gasteiger charge is -2.03. The van der Waals surface area contributed by atoms with Crippen molar-refractivity contribution in [3.8, 4) is 16.2 Å². The molecule has 0 saturated carbocycles. The minimum absolute atomic E-state index is 0.469. The summed E-state index contributed by atoms with van der Waals surface area (Å²) in [6.07, 6.45) is -0.469. The van der Waals surface area contributed by atoms with Gasteiger partial charge in [-0.2, -0.15) is 0 Å². The average molecular weight is 283 g/mol. The van der Waals surface area contributed by atoms with Gasteiger partial charge < -0.3 is 10.1 Å². The molecule has 6 heteroatoms. The molecule has 0 bridgehead atoms. The van der Waals surface area contributed by atoms with E-state index in [1.54, 1.807) is 32.8 Å². The van der Waals surface area contributed by atoms with Crippen molar-refractivity contribution >= 4 is 39.0 Å². The van der Waals surface area contributed by atoms with E-state index in [4.69, 9.17) is 17.0 Å².